The van der Waals surface area contributed by atoms with E-state index in [-0.39, 0.29) is 11.5 Å². The van der Waals surface area contributed by atoms with Gasteiger partial charge in [-0.3, -0.25) is 14.6 Å². The topological polar surface area (TPSA) is 102 Å². The molecule has 0 saturated heterocycles. The van der Waals surface area contributed by atoms with Crippen molar-refractivity contribution < 1.29 is 9.53 Å². The lowest BCUT2D eigenvalue weighted by Crippen LogP contribution is -2.21. The van der Waals surface area contributed by atoms with Gasteiger partial charge < -0.3 is 10.1 Å². The quantitative estimate of drug-likeness (QED) is 0.468. The second kappa shape index (κ2) is 8.43. The molecule has 1 aromatic carbocycles. The van der Waals surface area contributed by atoms with E-state index >= 15 is 0 Å². The molecule has 0 unspecified atom stereocenters. The first kappa shape index (κ1) is 20.2. The molecule has 1 aliphatic rings. The average molecular weight is 448 g/mol. The molecule has 0 aliphatic heterocycles. The van der Waals surface area contributed by atoms with Gasteiger partial charge in [-0.1, -0.05) is 6.07 Å². The lowest BCUT2D eigenvalue weighted by molar-refractivity contribution is 0.102. The third kappa shape index (κ3) is 3.82. The number of nitrogens with one attached hydrogen (secondary N) is 2. The van der Waals surface area contributed by atoms with Gasteiger partial charge in [-0.15, -0.1) is 11.3 Å². The number of aryl methyl sites for hydroxylation is 1. The van der Waals surface area contributed by atoms with Gasteiger partial charge in [0.05, 0.1) is 17.2 Å². The zero-order valence-electron chi connectivity index (χ0n) is 17.4. The number of hydrogen-bond acceptors (Lipinski definition) is 6. The largest absolute Gasteiger partial charge is 0.494 e. The van der Waals surface area contributed by atoms with Crippen molar-refractivity contribution in [3.8, 4) is 22.3 Å². The Kier molecular flexibility index (Phi) is 5.32. The number of thiophene rings is 1. The van der Waals surface area contributed by atoms with E-state index in [4.69, 9.17) is 4.74 Å². The summed E-state index contributed by atoms with van der Waals surface area (Å²) in [6.45, 7) is 2.46. The number of carbonyl (C=O) groups is 1. The Morgan fingerprint density at radius 3 is 2.84 bits per heavy atom. The Morgan fingerprint density at radius 1 is 1.25 bits per heavy atom. The molecule has 3 aromatic heterocycles. The zero-order chi connectivity index (χ0) is 22.1. The standard InChI is InChI=1S/C23H21N5O3S/c1-2-31-15-10-8-14(9-11-15)21(29)25-20-13-18(19-7-4-12-32-19)27-28(20)23-24-17-6-3-5-16(17)22(30)26-23/h4,7-13H,2-3,5-6H2,1H3,(H,25,29)(H,24,26,30). The first-order valence-electron chi connectivity index (χ1n) is 10.4. The van der Waals surface area contributed by atoms with E-state index in [1.165, 1.54) is 4.68 Å². The number of nitrogens with zero attached hydrogens (tertiary/aromatic N) is 3. The summed E-state index contributed by atoms with van der Waals surface area (Å²) >= 11 is 1.54. The fourth-order valence-corrected chi connectivity index (χ4v) is 4.44. The monoisotopic (exact) mass is 447 g/mol. The molecule has 1 aliphatic carbocycles. The van der Waals surface area contributed by atoms with Gasteiger partial charge in [0.15, 0.2) is 0 Å². The second-order valence-electron chi connectivity index (χ2n) is 7.38. The molecule has 0 atom stereocenters. The molecule has 4 aromatic rings. The van der Waals surface area contributed by atoms with Gasteiger partial charge >= 0.3 is 0 Å². The third-order valence-electron chi connectivity index (χ3n) is 5.28. The minimum absolute atomic E-state index is 0.153. The van der Waals surface area contributed by atoms with Gasteiger partial charge in [-0.05, 0) is 61.9 Å². The molecule has 9 heteroatoms. The first-order valence-corrected chi connectivity index (χ1v) is 11.3. The van der Waals surface area contributed by atoms with Crippen LogP contribution in [0, 0.1) is 0 Å². The number of carbonyl (C=O) groups excluding carboxylic acids is 1. The summed E-state index contributed by atoms with van der Waals surface area (Å²) in [7, 11) is 0. The minimum Gasteiger partial charge on any atom is -0.494 e. The van der Waals surface area contributed by atoms with E-state index < -0.39 is 0 Å². The van der Waals surface area contributed by atoms with Crippen LogP contribution in [0.2, 0.25) is 0 Å². The molecule has 0 spiro atoms. The van der Waals surface area contributed by atoms with Crippen LogP contribution in [-0.2, 0) is 12.8 Å². The Bertz CT molecular complexity index is 1320. The number of ether oxygens (including phenoxy) is 1. The molecule has 32 heavy (non-hydrogen) atoms. The smallest absolute Gasteiger partial charge is 0.256 e. The molecule has 0 saturated carbocycles. The summed E-state index contributed by atoms with van der Waals surface area (Å²) in [5, 5.41) is 9.50. The van der Waals surface area contributed by atoms with Gasteiger partial charge in [0.25, 0.3) is 11.5 Å². The molecule has 3 heterocycles. The second-order valence-corrected chi connectivity index (χ2v) is 8.33. The van der Waals surface area contributed by atoms with E-state index in [1.807, 2.05) is 24.4 Å². The van der Waals surface area contributed by atoms with E-state index in [2.05, 4.69) is 20.4 Å². The van der Waals surface area contributed by atoms with Crippen LogP contribution in [0.25, 0.3) is 16.5 Å². The fraction of sp³-hybridized carbons (Fsp3) is 0.217. The minimum atomic E-state index is -0.296. The number of rotatable bonds is 6. The highest BCUT2D eigenvalue weighted by Crippen LogP contribution is 2.28. The Labute approximate surface area is 187 Å². The summed E-state index contributed by atoms with van der Waals surface area (Å²) in [6, 6.07) is 12.6. The van der Waals surface area contributed by atoms with Crippen molar-refractivity contribution >= 4 is 23.1 Å². The molecular weight excluding hydrogens is 426 g/mol. The predicted molar refractivity (Wildman–Crippen MR) is 123 cm³/mol. The van der Waals surface area contributed by atoms with Crippen LogP contribution in [0.3, 0.4) is 0 Å². The normalized spacial score (nSPS) is 12.5. The number of hydrogen-bond donors (Lipinski definition) is 2. The van der Waals surface area contributed by atoms with Crippen molar-refractivity contribution in [3.05, 3.63) is 75.0 Å². The van der Waals surface area contributed by atoms with E-state index in [1.54, 1.807) is 41.7 Å². The van der Waals surface area contributed by atoms with Crippen molar-refractivity contribution in [3.63, 3.8) is 0 Å². The first-order chi connectivity index (χ1) is 15.6. The van der Waals surface area contributed by atoms with Crippen LogP contribution in [0.1, 0.15) is 35.0 Å². The van der Waals surface area contributed by atoms with Gasteiger partial charge in [0.1, 0.15) is 17.3 Å². The van der Waals surface area contributed by atoms with Crippen LogP contribution < -0.4 is 15.6 Å². The van der Waals surface area contributed by atoms with Crippen LogP contribution in [0.15, 0.2) is 52.6 Å². The van der Waals surface area contributed by atoms with Crippen LogP contribution in [0.5, 0.6) is 5.75 Å². The number of anilines is 1. The molecule has 2 N–H and O–H groups in total. The number of amides is 1. The summed E-state index contributed by atoms with van der Waals surface area (Å²) < 4.78 is 6.93. The fourth-order valence-electron chi connectivity index (χ4n) is 3.76. The van der Waals surface area contributed by atoms with Gasteiger partial charge in [-0.25, -0.2) is 4.98 Å². The molecule has 0 bridgehead atoms. The molecule has 0 radical (unpaired) electrons. The van der Waals surface area contributed by atoms with E-state index in [9.17, 15) is 9.59 Å². The van der Waals surface area contributed by atoms with Crippen LogP contribution >= 0.6 is 11.3 Å². The van der Waals surface area contributed by atoms with Crippen molar-refractivity contribution in [2.45, 2.75) is 26.2 Å². The Balaban J connectivity index is 1.52. The maximum absolute atomic E-state index is 12.9. The number of aromatic amines is 1. The predicted octanol–water partition coefficient (Wildman–Crippen LogP) is 3.82. The molecule has 8 nitrogen and oxygen atoms in total. The highest BCUT2D eigenvalue weighted by Gasteiger charge is 2.21. The summed E-state index contributed by atoms with van der Waals surface area (Å²) in [4.78, 5) is 33.9. The lowest BCUT2D eigenvalue weighted by atomic mass is 10.2. The van der Waals surface area contributed by atoms with E-state index in [0.717, 1.165) is 35.4 Å². The SMILES string of the molecule is CCOc1ccc(C(=O)Nc2cc(-c3cccs3)nn2-c2nc3c(c(=O)[nH]2)CCC3)cc1. The molecular formula is C23H21N5O3S. The Hall–Kier alpha value is -3.72. The highest BCUT2D eigenvalue weighted by atomic mass is 32.1. The summed E-state index contributed by atoms with van der Waals surface area (Å²) in [6.07, 6.45) is 2.41. The lowest BCUT2D eigenvalue weighted by Gasteiger charge is -2.10. The molecule has 1 amide bonds. The van der Waals surface area contributed by atoms with Crippen molar-refractivity contribution in [2.75, 3.05) is 11.9 Å². The van der Waals surface area contributed by atoms with Crippen molar-refractivity contribution in [1.29, 1.82) is 0 Å². The van der Waals surface area contributed by atoms with Crippen LogP contribution in [-0.4, -0.2) is 32.3 Å². The number of H-pyrrole nitrogens is 1. The van der Waals surface area contributed by atoms with Gasteiger partial charge in [0, 0.05) is 17.2 Å². The Morgan fingerprint density at radius 2 is 2.09 bits per heavy atom. The maximum Gasteiger partial charge on any atom is 0.256 e. The maximum atomic E-state index is 12.9. The van der Waals surface area contributed by atoms with Gasteiger partial charge in [0.2, 0.25) is 5.95 Å². The van der Waals surface area contributed by atoms with Crippen LogP contribution in [0.4, 0.5) is 5.82 Å². The summed E-state index contributed by atoms with van der Waals surface area (Å²) in [5.41, 5.74) is 2.54. The highest BCUT2D eigenvalue weighted by molar-refractivity contribution is 7.13. The zero-order valence-corrected chi connectivity index (χ0v) is 18.2. The third-order valence-corrected chi connectivity index (χ3v) is 6.17. The average Bonchev–Trinajstić information content (AvgIpc) is 3.55. The molecule has 0 fully saturated rings. The number of fused-ring (bicyclic) bond motifs is 1. The summed E-state index contributed by atoms with van der Waals surface area (Å²) in [5.74, 6) is 1.12. The van der Waals surface area contributed by atoms with E-state index in [0.29, 0.717) is 35.4 Å². The number of aromatic nitrogens is 4. The number of benzene rings is 1. The van der Waals surface area contributed by atoms with Crippen molar-refractivity contribution in [1.82, 2.24) is 19.7 Å². The van der Waals surface area contributed by atoms with Crippen molar-refractivity contribution in [2.24, 2.45) is 0 Å². The molecule has 5 rings (SSSR count). The molecule has 162 valence electrons. The van der Waals surface area contributed by atoms with Gasteiger partial charge in [-0.2, -0.15) is 9.78 Å².